The maximum absolute atomic E-state index is 11.7. The van der Waals surface area contributed by atoms with E-state index in [0.717, 1.165) is 17.8 Å². The number of carbonyl (C=O) groups excluding carboxylic acids is 1. The molecule has 0 fully saturated rings. The first-order chi connectivity index (χ1) is 9.25. The van der Waals surface area contributed by atoms with Crippen molar-refractivity contribution >= 4 is 17.4 Å². The maximum atomic E-state index is 11.7. The maximum Gasteiger partial charge on any atom is 0.315 e. The minimum Gasteiger partial charge on any atom is -0.338 e. The van der Waals surface area contributed by atoms with Crippen molar-refractivity contribution in [3.05, 3.63) is 40.8 Å². The van der Waals surface area contributed by atoms with Gasteiger partial charge in [-0.05, 0) is 30.9 Å². The van der Waals surface area contributed by atoms with Crippen LogP contribution in [-0.2, 0) is 6.54 Å². The van der Waals surface area contributed by atoms with Crippen LogP contribution in [0.1, 0.15) is 24.3 Å². The minimum atomic E-state index is -0.124. The van der Waals surface area contributed by atoms with Crippen molar-refractivity contribution in [3.8, 4) is 0 Å². The minimum absolute atomic E-state index is 0.0473. The Morgan fingerprint density at radius 1 is 1.53 bits per heavy atom. The highest BCUT2D eigenvalue weighted by atomic mass is 32.1. The Kier molecular flexibility index (Phi) is 4.97. The van der Waals surface area contributed by atoms with Gasteiger partial charge in [-0.2, -0.15) is 5.10 Å². The van der Waals surface area contributed by atoms with Crippen LogP contribution < -0.4 is 10.6 Å². The molecule has 6 heteroatoms. The number of carbonyl (C=O) groups is 1. The summed E-state index contributed by atoms with van der Waals surface area (Å²) in [6, 6.07) is 5.82. The summed E-state index contributed by atoms with van der Waals surface area (Å²) in [7, 11) is 0. The third-order valence-electron chi connectivity index (χ3n) is 2.73. The van der Waals surface area contributed by atoms with Gasteiger partial charge in [0.25, 0.3) is 0 Å². The number of amides is 2. The first-order valence-electron chi connectivity index (χ1n) is 6.31. The number of aryl methyl sites for hydroxylation is 1. The van der Waals surface area contributed by atoms with Gasteiger partial charge in [-0.3, -0.25) is 4.68 Å². The highest BCUT2D eigenvalue weighted by molar-refractivity contribution is 7.10. The molecule has 0 aliphatic rings. The first-order valence-corrected chi connectivity index (χ1v) is 7.19. The molecule has 0 bridgehead atoms. The zero-order valence-electron chi connectivity index (χ0n) is 10.9. The van der Waals surface area contributed by atoms with Crippen LogP contribution in [0.2, 0.25) is 0 Å². The summed E-state index contributed by atoms with van der Waals surface area (Å²) in [6.45, 7) is 3.44. The molecule has 0 saturated heterocycles. The Morgan fingerprint density at radius 2 is 2.42 bits per heavy atom. The molecule has 19 heavy (non-hydrogen) atoms. The molecule has 2 rings (SSSR count). The Bertz CT molecular complexity index is 481. The second kappa shape index (κ2) is 6.94. The predicted octanol–water partition coefficient (Wildman–Crippen LogP) is 2.40. The fourth-order valence-corrected chi connectivity index (χ4v) is 2.47. The monoisotopic (exact) mass is 278 g/mol. The topological polar surface area (TPSA) is 59.0 Å². The molecule has 0 unspecified atom stereocenters. The van der Waals surface area contributed by atoms with Crippen LogP contribution in [0.5, 0.6) is 0 Å². The summed E-state index contributed by atoms with van der Waals surface area (Å²) in [6.07, 6.45) is 4.53. The van der Waals surface area contributed by atoms with E-state index in [-0.39, 0.29) is 12.1 Å². The lowest BCUT2D eigenvalue weighted by atomic mass is 10.3. The number of aromatic nitrogens is 2. The summed E-state index contributed by atoms with van der Waals surface area (Å²) in [4.78, 5) is 12.8. The highest BCUT2D eigenvalue weighted by Gasteiger charge is 2.09. The summed E-state index contributed by atoms with van der Waals surface area (Å²) in [5.74, 6) is 0. The van der Waals surface area contributed by atoms with Crippen molar-refractivity contribution < 1.29 is 4.79 Å². The number of urea groups is 1. The van der Waals surface area contributed by atoms with Crippen molar-refractivity contribution in [1.82, 2.24) is 20.4 Å². The van der Waals surface area contributed by atoms with Crippen LogP contribution in [0, 0.1) is 0 Å². The molecule has 0 spiro atoms. The van der Waals surface area contributed by atoms with Gasteiger partial charge in [-0.15, -0.1) is 11.3 Å². The van der Waals surface area contributed by atoms with Crippen molar-refractivity contribution in [2.45, 2.75) is 25.9 Å². The van der Waals surface area contributed by atoms with Crippen LogP contribution >= 0.6 is 11.3 Å². The Balaban J connectivity index is 1.62. The quantitative estimate of drug-likeness (QED) is 0.797. The second-order valence-electron chi connectivity index (χ2n) is 4.26. The van der Waals surface area contributed by atoms with Gasteiger partial charge in [0.05, 0.1) is 6.04 Å². The molecular weight excluding hydrogens is 260 g/mol. The van der Waals surface area contributed by atoms with Gasteiger partial charge in [-0.25, -0.2) is 4.79 Å². The fourth-order valence-electron chi connectivity index (χ4n) is 1.73. The van der Waals surface area contributed by atoms with Crippen LogP contribution in [0.3, 0.4) is 0 Å². The fraction of sp³-hybridized carbons (Fsp3) is 0.385. The highest BCUT2D eigenvalue weighted by Crippen LogP contribution is 2.17. The number of nitrogens with one attached hydrogen (secondary N) is 2. The van der Waals surface area contributed by atoms with Gasteiger partial charge in [0.15, 0.2) is 0 Å². The van der Waals surface area contributed by atoms with Crippen molar-refractivity contribution in [2.75, 3.05) is 6.54 Å². The van der Waals surface area contributed by atoms with Crippen molar-refractivity contribution in [2.24, 2.45) is 0 Å². The Labute approximate surface area is 116 Å². The van der Waals surface area contributed by atoms with Gasteiger partial charge in [0.2, 0.25) is 0 Å². The molecule has 0 aliphatic carbocycles. The van der Waals surface area contributed by atoms with E-state index in [1.54, 1.807) is 17.5 Å². The lowest BCUT2D eigenvalue weighted by molar-refractivity contribution is 0.237. The Morgan fingerprint density at radius 3 is 3.11 bits per heavy atom. The van der Waals surface area contributed by atoms with Gasteiger partial charge in [-0.1, -0.05) is 6.07 Å². The molecule has 2 aromatic heterocycles. The third kappa shape index (κ3) is 4.40. The summed E-state index contributed by atoms with van der Waals surface area (Å²) < 4.78 is 1.86. The molecule has 2 aromatic rings. The molecule has 1 atom stereocenters. The molecule has 0 aliphatic heterocycles. The van der Waals surface area contributed by atoms with Gasteiger partial charge in [0.1, 0.15) is 0 Å². The number of thiophene rings is 1. The number of rotatable bonds is 6. The zero-order valence-corrected chi connectivity index (χ0v) is 11.7. The van der Waals surface area contributed by atoms with E-state index in [4.69, 9.17) is 0 Å². The van der Waals surface area contributed by atoms with E-state index in [2.05, 4.69) is 15.7 Å². The lowest BCUT2D eigenvalue weighted by Gasteiger charge is -2.13. The molecule has 0 radical (unpaired) electrons. The van der Waals surface area contributed by atoms with E-state index in [9.17, 15) is 4.79 Å². The van der Waals surface area contributed by atoms with Crippen molar-refractivity contribution in [3.63, 3.8) is 0 Å². The number of nitrogens with zero attached hydrogens (tertiary/aromatic N) is 2. The summed E-state index contributed by atoms with van der Waals surface area (Å²) in [5.41, 5.74) is 0. The van der Waals surface area contributed by atoms with Gasteiger partial charge < -0.3 is 10.6 Å². The standard InChI is InChI=1S/C13H18N4OS/c1-11(12-5-2-10-19-12)16-13(18)14-6-3-8-17-9-4-7-15-17/h2,4-5,7,9-11H,3,6,8H2,1H3,(H2,14,16,18)/t11-/m0/s1. The average Bonchev–Trinajstić information content (AvgIpc) is 3.07. The third-order valence-corrected chi connectivity index (χ3v) is 3.78. The molecule has 5 nitrogen and oxygen atoms in total. The van der Waals surface area contributed by atoms with E-state index < -0.39 is 0 Å². The lowest BCUT2D eigenvalue weighted by Crippen LogP contribution is -2.37. The van der Waals surface area contributed by atoms with E-state index in [0.29, 0.717) is 6.54 Å². The molecule has 2 amide bonds. The largest absolute Gasteiger partial charge is 0.338 e. The SMILES string of the molecule is C[C@H](NC(=O)NCCCn1cccn1)c1cccs1. The second-order valence-corrected chi connectivity index (χ2v) is 5.24. The van der Waals surface area contributed by atoms with Gasteiger partial charge in [0, 0.05) is 30.4 Å². The van der Waals surface area contributed by atoms with Gasteiger partial charge >= 0.3 is 6.03 Å². The molecule has 0 saturated carbocycles. The van der Waals surface area contributed by atoms with Crippen LogP contribution in [0.4, 0.5) is 4.79 Å². The molecule has 0 aromatic carbocycles. The predicted molar refractivity (Wildman–Crippen MR) is 76.1 cm³/mol. The molecular formula is C13H18N4OS. The van der Waals surface area contributed by atoms with Crippen molar-refractivity contribution in [1.29, 1.82) is 0 Å². The van der Waals surface area contributed by atoms with E-state index in [1.165, 1.54) is 0 Å². The molecule has 2 heterocycles. The first kappa shape index (κ1) is 13.6. The normalized spacial score (nSPS) is 12.1. The zero-order chi connectivity index (χ0) is 13.5. The smallest absolute Gasteiger partial charge is 0.315 e. The van der Waals surface area contributed by atoms with Crippen LogP contribution in [0.25, 0.3) is 0 Å². The Hall–Kier alpha value is -1.82. The summed E-state index contributed by atoms with van der Waals surface area (Å²) >= 11 is 1.65. The molecule has 102 valence electrons. The molecule has 2 N–H and O–H groups in total. The van der Waals surface area contributed by atoms with E-state index in [1.807, 2.05) is 41.4 Å². The van der Waals surface area contributed by atoms with Crippen LogP contribution in [-0.4, -0.2) is 22.4 Å². The summed E-state index contributed by atoms with van der Waals surface area (Å²) in [5, 5.41) is 11.9. The average molecular weight is 278 g/mol. The van der Waals surface area contributed by atoms with E-state index >= 15 is 0 Å². The number of hydrogen-bond donors (Lipinski definition) is 2. The number of hydrogen-bond acceptors (Lipinski definition) is 3. The van der Waals surface area contributed by atoms with Crippen LogP contribution in [0.15, 0.2) is 36.0 Å².